The van der Waals surface area contributed by atoms with Gasteiger partial charge in [0.05, 0.1) is 6.54 Å². The number of nitrogens with zero attached hydrogens (tertiary/aromatic N) is 3. The van der Waals surface area contributed by atoms with E-state index in [9.17, 15) is 10.1 Å². The summed E-state index contributed by atoms with van der Waals surface area (Å²) < 4.78 is 1.78. The number of rotatable bonds is 3. The van der Waals surface area contributed by atoms with E-state index in [-0.39, 0.29) is 5.82 Å². The van der Waals surface area contributed by atoms with Gasteiger partial charge in [0.15, 0.2) is 0 Å². The molecule has 5 nitrogen and oxygen atoms in total. The lowest BCUT2D eigenvalue weighted by atomic mass is 10.4. The molecule has 6 heteroatoms. The van der Waals surface area contributed by atoms with Crippen LogP contribution in [0.1, 0.15) is 10.7 Å². The van der Waals surface area contributed by atoms with Crippen LogP contribution in [0.4, 0.5) is 5.82 Å². The van der Waals surface area contributed by atoms with Gasteiger partial charge in [-0.25, -0.2) is 0 Å². The number of nitro groups is 1. The van der Waals surface area contributed by atoms with Gasteiger partial charge in [0, 0.05) is 11.8 Å². The average molecular weight is 223 g/mol. The van der Waals surface area contributed by atoms with Gasteiger partial charge in [-0.3, -0.25) is 0 Å². The van der Waals surface area contributed by atoms with Gasteiger partial charge in [0.2, 0.25) is 5.82 Å². The molecular weight excluding hydrogens is 214 g/mol. The third-order valence-electron chi connectivity index (χ3n) is 2.06. The second-order valence-electron chi connectivity index (χ2n) is 3.11. The van der Waals surface area contributed by atoms with Gasteiger partial charge in [-0.2, -0.15) is 0 Å². The maximum Gasteiger partial charge on any atom is 0.381 e. The number of thiophene rings is 1. The maximum absolute atomic E-state index is 10.5. The van der Waals surface area contributed by atoms with Gasteiger partial charge in [-0.05, 0) is 21.4 Å². The van der Waals surface area contributed by atoms with Crippen LogP contribution in [0.15, 0.2) is 23.7 Å². The van der Waals surface area contributed by atoms with E-state index in [1.807, 2.05) is 17.5 Å². The normalized spacial score (nSPS) is 10.5. The fourth-order valence-electron chi connectivity index (χ4n) is 1.31. The second-order valence-corrected chi connectivity index (χ2v) is 4.14. The highest BCUT2D eigenvalue weighted by Gasteiger charge is 2.14. The van der Waals surface area contributed by atoms with E-state index >= 15 is 0 Å². The molecule has 2 rings (SSSR count). The first-order valence-corrected chi connectivity index (χ1v) is 5.25. The minimum absolute atomic E-state index is 0.0935. The van der Waals surface area contributed by atoms with Gasteiger partial charge < -0.3 is 14.7 Å². The number of imidazole rings is 1. The Morgan fingerprint density at radius 1 is 1.67 bits per heavy atom. The molecule has 0 N–H and O–H groups in total. The lowest BCUT2D eigenvalue weighted by Gasteiger charge is -1.97. The molecule has 0 amide bonds. The Balaban J connectivity index is 2.25. The van der Waals surface area contributed by atoms with Gasteiger partial charge >= 0.3 is 5.82 Å². The molecule has 0 bridgehead atoms. The molecule has 2 heterocycles. The van der Waals surface area contributed by atoms with Crippen LogP contribution in [0, 0.1) is 17.0 Å². The summed E-state index contributed by atoms with van der Waals surface area (Å²) in [7, 11) is 0. The van der Waals surface area contributed by atoms with Crippen LogP contribution in [0.5, 0.6) is 0 Å². The molecular formula is C9H9N3O2S. The molecule has 0 saturated carbocycles. The molecule has 0 fully saturated rings. The molecule has 15 heavy (non-hydrogen) atoms. The molecule has 78 valence electrons. The molecule has 0 radical (unpaired) electrons. The largest absolute Gasteiger partial charge is 0.381 e. The molecule has 0 saturated heterocycles. The molecule has 0 aromatic carbocycles. The highest BCUT2D eigenvalue weighted by Crippen LogP contribution is 2.15. The first kappa shape index (κ1) is 9.85. The lowest BCUT2D eigenvalue weighted by molar-refractivity contribution is -0.389. The summed E-state index contributed by atoms with van der Waals surface area (Å²) in [5.74, 6) is 0.569. The van der Waals surface area contributed by atoms with Crippen LogP contribution in [0.3, 0.4) is 0 Å². The van der Waals surface area contributed by atoms with Crippen molar-refractivity contribution >= 4 is 17.2 Å². The SMILES string of the molecule is Cc1nc([N+](=O)[O-])cn1Cc1cccs1. The van der Waals surface area contributed by atoms with Crippen LogP contribution < -0.4 is 0 Å². The minimum atomic E-state index is -0.474. The fourth-order valence-corrected chi connectivity index (χ4v) is 2.01. The number of hydrogen-bond donors (Lipinski definition) is 0. The Bertz CT molecular complexity index is 476. The molecule has 2 aromatic heterocycles. The predicted molar refractivity (Wildman–Crippen MR) is 57.0 cm³/mol. The molecule has 0 atom stereocenters. The highest BCUT2D eigenvalue weighted by atomic mass is 32.1. The van der Waals surface area contributed by atoms with Crippen molar-refractivity contribution in [3.05, 3.63) is 44.5 Å². The number of hydrogen-bond acceptors (Lipinski definition) is 4. The van der Waals surface area contributed by atoms with Crippen molar-refractivity contribution < 1.29 is 4.92 Å². The molecule has 2 aromatic rings. The summed E-state index contributed by atoms with van der Waals surface area (Å²) in [6.07, 6.45) is 1.47. The van der Waals surface area contributed by atoms with Crippen LogP contribution in [0.25, 0.3) is 0 Å². The topological polar surface area (TPSA) is 61.0 Å². The van der Waals surface area contributed by atoms with Crippen molar-refractivity contribution in [3.63, 3.8) is 0 Å². The van der Waals surface area contributed by atoms with Crippen LogP contribution in [0.2, 0.25) is 0 Å². The van der Waals surface area contributed by atoms with E-state index in [1.54, 1.807) is 22.8 Å². The summed E-state index contributed by atoms with van der Waals surface area (Å²) >= 11 is 1.63. The Morgan fingerprint density at radius 2 is 2.47 bits per heavy atom. The van der Waals surface area contributed by atoms with Gasteiger partial charge in [-0.1, -0.05) is 6.07 Å². The quantitative estimate of drug-likeness (QED) is 0.592. The summed E-state index contributed by atoms with van der Waals surface area (Å²) in [4.78, 5) is 15.0. The van der Waals surface area contributed by atoms with Gasteiger partial charge in [0.25, 0.3) is 0 Å². The fraction of sp³-hybridized carbons (Fsp3) is 0.222. The first-order chi connectivity index (χ1) is 7.16. The van der Waals surface area contributed by atoms with Gasteiger partial charge in [0.1, 0.15) is 6.20 Å². The molecule has 0 unspecified atom stereocenters. The molecule has 0 aliphatic heterocycles. The molecule has 0 spiro atoms. The van der Waals surface area contributed by atoms with Crippen molar-refractivity contribution in [2.75, 3.05) is 0 Å². The summed E-state index contributed by atoms with van der Waals surface area (Å²) in [6.45, 7) is 2.41. The Labute approximate surface area is 90.2 Å². The van der Waals surface area contributed by atoms with E-state index in [4.69, 9.17) is 0 Å². The predicted octanol–water partition coefficient (Wildman–Crippen LogP) is 2.21. The van der Waals surface area contributed by atoms with E-state index < -0.39 is 4.92 Å². The standard InChI is InChI=1S/C9H9N3O2S/c1-7-10-9(12(13)14)6-11(7)5-8-3-2-4-15-8/h2-4,6H,5H2,1H3. The monoisotopic (exact) mass is 223 g/mol. The van der Waals surface area contributed by atoms with Gasteiger partial charge in [-0.15, -0.1) is 11.3 Å². The third kappa shape index (κ3) is 2.04. The Morgan fingerprint density at radius 3 is 3.00 bits per heavy atom. The zero-order valence-corrected chi connectivity index (χ0v) is 8.90. The Hall–Kier alpha value is -1.69. The summed E-state index contributed by atoms with van der Waals surface area (Å²) in [5, 5.41) is 12.5. The van der Waals surface area contributed by atoms with Crippen LogP contribution in [-0.2, 0) is 6.54 Å². The van der Waals surface area contributed by atoms with E-state index in [0.717, 1.165) is 4.88 Å². The summed E-state index contributed by atoms with van der Waals surface area (Å²) in [5.41, 5.74) is 0. The van der Waals surface area contributed by atoms with Crippen molar-refractivity contribution in [2.45, 2.75) is 13.5 Å². The van der Waals surface area contributed by atoms with Crippen LogP contribution in [-0.4, -0.2) is 14.5 Å². The average Bonchev–Trinajstić information content (AvgIpc) is 2.77. The molecule has 0 aliphatic carbocycles. The number of aryl methyl sites for hydroxylation is 1. The van der Waals surface area contributed by atoms with Crippen molar-refractivity contribution in [3.8, 4) is 0 Å². The first-order valence-electron chi connectivity index (χ1n) is 4.37. The lowest BCUT2D eigenvalue weighted by Crippen LogP contribution is -1.98. The van der Waals surface area contributed by atoms with E-state index in [0.29, 0.717) is 12.4 Å². The third-order valence-corrected chi connectivity index (χ3v) is 2.92. The molecule has 0 aliphatic rings. The van der Waals surface area contributed by atoms with E-state index in [1.165, 1.54) is 6.20 Å². The van der Waals surface area contributed by atoms with Crippen LogP contribution >= 0.6 is 11.3 Å². The van der Waals surface area contributed by atoms with Crippen molar-refractivity contribution in [1.29, 1.82) is 0 Å². The maximum atomic E-state index is 10.5. The summed E-state index contributed by atoms with van der Waals surface area (Å²) in [6, 6.07) is 3.95. The smallest absolute Gasteiger partial charge is 0.358 e. The Kier molecular flexibility index (Phi) is 2.51. The highest BCUT2D eigenvalue weighted by molar-refractivity contribution is 7.09. The van der Waals surface area contributed by atoms with E-state index in [2.05, 4.69) is 4.98 Å². The van der Waals surface area contributed by atoms with Crippen molar-refractivity contribution in [1.82, 2.24) is 9.55 Å². The zero-order valence-electron chi connectivity index (χ0n) is 8.08. The van der Waals surface area contributed by atoms with Crippen molar-refractivity contribution in [2.24, 2.45) is 0 Å². The zero-order chi connectivity index (χ0) is 10.8. The minimum Gasteiger partial charge on any atom is -0.358 e. The second kappa shape index (κ2) is 3.82. The number of aromatic nitrogens is 2.